The number of unbranched alkanes of at least 4 members (excludes halogenated alkanes) is 1. The second-order valence-electron chi connectivity index (χ2n) is 11.8. The summed E-state index contributed by atoms with van der Waals surface area (Å²) in [5, 5.41) is 21.3. The highest BCUT2D eigenvalue weighted by atomic mass is 16.4. The fourth-order valence-corrected chi connectivity index (χ4v) is 8.98. The first-order chi connectivity index (χ1) is 14.7. The van der Waals surface area contributed by atoms with E-state index in [9.17, 15) is 19.8 Å². The van der Waals surface area contributed by atoms with Crippen molar-refractivity contribution in [2.75, 3.05) is 0 Å². The Kier molecular flexibility index (Phi) is 4.86. The third kappa shape index (κ3) is 2.89. The van der Waals surface area contributed by atoms with E-state index in [1.807, 2.05) is 6.08 Å². The summed E-state index contributed by atoms with van der Waals surface area (Å²) in [5.74, 6) is 2.26. The Labute approximate surface area is 186 Å². The molecule has 0 amide bonds. The first-order valence-electron chi connectivity index (χ1n) is 12.5. The number of carboxylic acids is 1. The molecule has 2 N–H and O–H groups in total. The molecular formula is C27H38O4. The van der Waals surface area contributed by atoms with Gasteiger partial charge in [-0.1, -0.05) is 45.3 Å². The molecule has 0 spiro atoms. The lowest BCUT2D eigenvalue weighted by Crippen LogP contribution is -2.58. The van der Waals surface area contributed by atoms with Gasteiger partial charge < -0.3 is 10.2 Å². The minimum atomic E-state index is -0.837. The van der Waals surface area contributed by atoms with Gasteiger partial charge in [-0.2, -0.15) is 0 Å². The predicted octanol–water partition coefficient (Wildman–Crippen LogP) is 5.16. The summed E-state index contributed by atoms with van der Waals surface area (Å²) < 4.78 is 0. The molecule has 0 saturated heterocycles. The topological polar surface area (TPSA) is 74.6 Å². The Balaban J connectivity index is 1.53. The number of allylic oxidation sites excluding steroid dienone is 4. The monoisotopic (exact) mass is 426 g/mol. The van der Waals surface area contributed by atoms with Crippen LogP contribution in [-0.4, -0.2) is 27.6 Å². The Morgan fingerprint density at radius 1 is 1.26 bits per heavy atom. The zero-order valence-corrected chi connectivity index (χ0v) is 19.3. The molecule has 0 radical (unpaired) electrons. The van der Waals surface area contributed by atoms with Crippen molar-refractivity contribution in [3.8, 4) is 0 Å². The maximum atomic E-state index is 12.2. The Hall–Kier alpha value is -1.42. The van der Waals surface area contributed by atoms with E-state index in [2.05, 4.69) is 26.8 Å². The molecule has 0 aromatic rings. The van der Waals surface area contributed by atoms with Crippen molar-refractivity contribution in [2.45, 2.75) is 84.2 Å². The lowest BCUT2D eigenvalue weighted by Gasteiger charge is -2.61. The second kappa shape index (κ2) is 7.04. The van der Waals surface area contributed by atoms with E-state index < -0.39 is 11.6 Å². The molecule has 0 aliphatic heterocycles. The molecule has 0 aromatic carbocycles. The SMILES string of the molecule is CCCC[C@@H]1CC2=CC(=O)C=C[C@]2(C)[C@H]2CC[C@@]3(C)[C@@H]([C@H]4C[C@H]4[C@@]3(O)CCC(=O)O)[C@H]12. The third-order valence-corrected chi connectivity index (χ3v) is 10.5. The zero-order valence-electron chi connectivity index (χ0n) is 19.3. The average Bonchev–Trinajstić information content (AvgIpc) is 3.48. The smallest absolute Gasteiger partial charge is 0.303 e. The van der Waals surface area contributed by atoms with E-state index in [4.69, 9.17) is 0 Å². The number of aliphatic hydroxyl groups is 1. The van der Waals surface area contributed by atoms with Crippen molar-refractivity contribution in [3.63, 3.8) is 0 Å². The average molecular weight is 427 g/mol. The van der Waals surface area contributed by atoms with Crippen LogP contribution in [0.5, 0.6) is 0 Å². The highest BCUT2D eigenvalue weighted by Crippen LogP contribution is 2.78. The van der Waals surface area contributed by atoms with Gasteiger partial charge in [-0.15, -0.1) is 0 Å². The molecule has 4 heteroatoms. The Morgan fingerprint density at radius 2 is 2.03 bits per heavy atom. The van der Waals surface area contributed by atoms with Crippen molar-refractivity contribution in [1.82, 2.24) is 0 Å². The van der Waals surface area contributed by atoms with Crippen molar-refractivity contribution in [3.05, 3.63) is 23.8 Å². The molecule has 0 heterocycles. The minimum absolute atomic E-state index is 0.0468. The van der Waals surface area contributed by atoms with Crippen molar-refractivity contribution < 1.29 is 19.8 Å². The Bertz CT molecular complexity index is 857. The highest BCUT2D eigenvalue weighted by Gasteiger charge is 2.76. The zero-order chi connectivity index (χ0) is 22.2. The number of rotatable bonds is 6. The molecule has 5 rings (SSSR count). The summed E-state index contributed by atoms with van der Waals surface area (Å²) in [6.45, 7) is 6.87. The number of hydrogen-bond acceptors (Lipinski definition) is 3. The molecule has 4 nitrogen and oxygen atoms in total. The number of ketones is 1. The van der Waals surface area contributed by atoms with Crippen LogP contribution in [-0.2, 0) is 9.59 Å². The van der Waals surface area contributed by atoms with Crippen molar-refractivity contribution in [1.29, 1.82) is 0 Å². The number of carbonyl (C=O) groups is 2. The van der Waals surface area contributed by atoms with Gasteiger partial charge in [0, 0.05) is 11.8 Å². The van der Waals surface area contributed by atoms with Gasteiger partial charge in [-0.05, 0) is 91.6 Å². The van der Waals surface area contributed by atoms with E-state index in [0.717, 1.165) is 25.7 Å². The summed E-state index contributed by atoms with van der Waals surface area (Å²) in [4.78, 5) is 23.6. The van der Waals surface area contributed by atoms with Crippen LogP contribution in [0.3, 0.4) is 0 Å². The minimum Gasteiger partial charge on any atom is -0.481 e. The van der Waals surface area contributed by atoms with Crippen LogP contribution in [0.2, 0.25) is 0 Å². The molecule has 170 valence electrons. The summed E-state index contributed by atoms with van der Waals surface area (Å²) in [6, 6.07) is 0. The lowest BCUT2D eigenvalue weighted by atomic mass is 9.43. The van der Waals surface area contributed by atoms with Crippen molar-refractivity contribution in [2.24, 2.45) is 46.3 Å². The van der Waals surface area contributed by atoms with Gasteiger partial charge in [-0.3, -0.25) is 9.59 Å². The van der Waals surface area contributed by atoms with Gasteiger partial charge in [0.15, 0.2) is 5.78 Å². The molecule has 31 heavy (non-hydrogen) atoms. The summed E-state index contributed by atoms with van der Waals surface area (Å²) in [7, 11) is 0. The molecule has 0 aromatic heterocycles. The van der Waals surface area contributed by atoms with Crippen LogP contribution < -0.4 is 0 Å². The molecule has 5 aliphatic rings. The third-order valence-electron chi connectivity index (χ3n) is 10.5. The molecular weight excluding hydrogens is 388 g/mol. The van der Waals surface area contributed by atoms with E-state index in [1.165, 1.54) is 24.8 Å². The van der Waals surface area contributed by atoms with Gasteiger partial charge >= 0.3 is 5.97 Å². The molecule has 4 saturated carbocycles. The number of fused-ring (bicyclic) bond motifs is 7. The van der Waals surface area contributed by atoms with E-state index in [-0.39, 0.29) is 29.0 Å². The fourth-order valence-electron chi connectivity index (χ4n) is 8.98. The van der Waals surface area contributed by atoms with Gasteiger partial charge in [-0.25, -0.2) is 0 Å². The number of aliphatic carboxylic acids is 1. The van der Waals surface area contributed by atoms with Gasteiger partial charge in [0.05, 0.1) is 5.60 Å². The van der Waals surface area contributed by atoms with Gasteiger partial charge in [0.2, 0.25) is 0 Å². The first kappa shape index (κ1) is 21.4. The van der Waals surface area contributed by atoms with Crippen LogP contribution in [0.15, 0.2) is 23.8 Å². The summed E-state index contributed by atoms with van der Waals surface area (Å²) in [6.07, 6.45) is 14.0. The van der Waals surface area contributed by atoms with E-state index in [0.29, 0.717) is 36.0 Å². The van der Waals surface area contributed by atoms with E-state index >= 15 is 0 Å². The molecule has 0 bridgehead atoms. The maximum Gasteiger partial charge on any atom is 0.303 e. The van der Waals surface area contributed by atoms with Crippen LogP contribution in [0, 0.1) is 46.3 Å². The van der Waals surface area contributed by atoms with Crippen LogP contribution in [0.1, 0.15) is 78.6 Å². The second-order valence-corrected chi connectivity index (χ2v) is 11.8. The highest BCUT2D eigenvalue weighted by molar-refractivity contribution is 6.01. The molecule has 4 fully saturated rings. The van der Waals surface area contributed by atoms with Crippen LogP contribution in [0.25, 0.3) is 0 Å². The largest absolute Gasteiger partial charge is 0.481 e. The van der Waals surface area contributed by atoms with Crippen molar-refractivity contribution >= 4 is 11.8 Å². The number of hydrogen-bond donors (Lipinski definition) is 2. The van der Waals surface area contributed by atoms with Crippen LogP contribution >= 0.6 is 0 Å². The van der Waals surface area contributed by atoms with Gasteiger partial charge in [0.1, 0.15) is 0 Å². The standard InChI is InChI=1S/C27H38O4/c1-4-5-6-16-13-17-14-18(28)7-10-25(17,2)20-8-11-26(3)24(23(16)20)19-15-21(19)27(26,31)12-9-22(29)30/h7,10,14,16,19-21,23-24,31H,4-6,8-9,11-13,15H2,1-3H3,(H,29,30)/t16-,19+,20+,21-,23-,24+,25+,26+,27+/m1/s1. The quantitative estimate of drug-likeness (QED) is 0.615. The van der Waals surface area contributed by atoms with E-state index in [1.54, 1.807) is 6.08 Å². The predicted molar refractivity (Wildman–Crippen MR) is 119 cm³/mol. The first-order valence-corrected chi connectivity index (χ1v) is 12.5. The molecule has 5 aliphatic carbocycles. The molecule has 0 unspecified atom stereocenters. The lowest BCUT2D eigenvalue weighted by molar-refractivity contribution is -0.162. The Morgan fingerprint density at radius 3 is 2.74 bits per heavy atom. The maximum absolute atomic E-state index is 12.2. The van der Waals surface area contributed by atoms with Crippen LogP contribution in [0.4, 0.5) is 0 Å². The summed E-state index contributed by atoms with van der Waals surface area (Å²) in [5.41, 5.74) is 0.260. The fraction of sp³-hybridized carbons (Fsp3) is 0.778. The number of carbonyl (C=O) groups excluding carboxylic acids is 1. The molecule has 9 atom stereocenters. The number of carboxylic acid groups (broad SMARTS) is 1. The normalized spacial score (nSPS) is 49.5. The van der Waals surface area contributed by atoms with Gasteiger partial charge in [0.25, 0.3) is 0 Å². The summed E-state index contributed by atoms with van der Waals surface area (Å²) >= 11 is 0.